The summed E-state index contributed by atoms with van der Waals surface area (Å²) in [5.74, 6) is 0.129. The van der Waals surface area contributed by atoms with Gasteiger partial charge in [-0.2, -0.15) is 0 Å². The van der Waals surface area contributed by atoms with Crippen LogP contribution in [0.3, 0.4) is 0 Å². The Morgan fingerprint density at radius 1 is 1.26 bits per heavy atom. The second kappa shape index (κ2) is 7.51. The molecule has 19 heavy (non-hydrogen) atoms. The van der Waals surface area contributed by atoms with E-state index in [-0.39, 0.29) is 5.91 Å². The molecule has 0 aliphatic carbocycles. The van der Waals surface area contributed by atoms with Gasteiger partial charge in [0.15, 0.2) is 0 Å². The molecule has 1 fully saturated rings. The highest BCUT2D eigenvalue weighted by Gasteiger charge is 2.13. The Kier molecular flexibility index (Phi) is 5.67. The Hall–Kier alpha value is -1.06. The average molecular weight is 281 g/mol. The summed E-state index contributed by atoms with van der Waals surface area (Å²) in [6.07, 6.45) is 4.56. The summed E-state index contributed by atoms with van der Waals surface area (Å²) in [7, 11) is 0. The van der Waals surface area contributed by atoms with E-state index in [1.165, 1.54) is 19.3 Å². The van der Waals surface area contributed by atoms with Crippen molar-refractivity contribution in [3.8, 4) is 0 Å². The van der Waals surface area contributed by atoms with Crippen molar-refractivity contribution in [3.63, 3.8) is 0 Å². The molecule has 0 unspecified atom stereocenters. The van der Waals surface area contributed by atoms with Crippen LogP contribution >= 0.6 is 11.6 Å². The summed E-state index contributed by atoms with van der Waals surface area (Å²) in [5, 5.41) is 3.72. The van der Waals surface area contributed by atoms with Crippen molar-refractivity contribution in [2.24, 2.45) is 0 Å². The summed E-state index contributed by atoms with van der Waals surface area (Å²) in [5.41, 5.74) is 1.16. The number of nitrogens with zero attached hydrogens (tertiary/aromatic N) is 1. The number of benzene rings is 1. The molecule has 2 rings (SSSR count). The third-order valence-electron chi connectivity index (χ3n) is 3.44. The van der Waals surface area contributed by atoms with Gasteiger partial charge in [-0.25, -0.2) is 0 Å². The van der Waals surface area contributed by atoms with Crippen molar-refractivity contribution in [3.05, 3.63) is 34.9 Å². The number of carbonyl (C=O) groups excluding carboxylic acids is 1. The molecule has 1 aliphatic rings. The highest BCUT2D eigenvalue weighted by molar-refractivity contribution is 6.30. The van der Waals surface area contributed by atoms with Crippen LogP contribution in [0.1, 0.15) is 24.8 Å². The number of carbonyl (C=O) groups is 1. The van der Waals surface area contributed by atoms with Crippen LogP contribution in [0.2, 0.25) is 5.02 Å². The van der Waals surface area contributed by atoms with E-state index in [1.807, 2.05) is 24.3 Å². The quantitative estimate of drug-likeness (QED) is 0.899. The monoisotopic (exact) mass is 280 g/mol. The molecule has 1 aliphatic heterocycles. The number of nitrogens with one attached hydrogen (secondary N) is 1. The molecule has 0 spiro atoms. The first-order valence-corrected chi connectivity index (χ1v) is 7.35. The van der Waals surface area contributed by atoms with Crippen molar-refractivity contribution >= 4 is 17.5 Å². The Balaban J connectivity index is 1.66. The Bertz CT molecular complexity index is 416. The predicted octanol–water partition coefficient (Wildman–Crippen LogP) is 2.48. The van der Waals surface area contributed by atoms with Gasteiger partial charge in [-0.1, -0.05) is 30.2 Å². The number of hydrogen-bond acceptors (Lipinski definition) is 2. The molecule has 104 valence electrons. The summed E-state index contributed by atoms with van der Waals surface area (Å²) in [6, 6.07) is 7.77. The average Bonchev–Trinajstić information content (AvgIpc) is 2.40. The summed E-state index contributed by atoms with van der Waals surface area (Å²) < 4.78 is 0. The lowest BCUT2D eigenvalue weighted by Crippen LogP contribution is -2.40. The number of likely N-dealkylation sites (tertiary alicyclic amines) is 1. The zero-order chi connectivity index (χ0) is 13.5. The van der Waals surface area contributed by atoms with Crippen LogP contribution in [-0.2, 0) is 11.2 Å². The number of amides is 1. The molecular formula is C15H21ClN2O. The molecule has 0 aromatic heterocycles. The first-order chi connectivity index (χ1) is 9.24. The van der Waals surface area contributed by atoms with Crippen LogP contribution in [-0.4, -0.2) is 37.0 Å². The van der Waals surface area contributed by atoms with Gasteiger partial charge >= 0.3 is 0 Å². The Morgan fingerprint density at radius 2 is 2.05 bits per heavy atom. The molecule has 0 saturated carbocycles. The third kappa shape index (κ3) is 5.21. The molecule has 1 N–H and O–H groups in total. The molecule has 0 radical (unpaired) electrons. The normalized spacial score (nSPS) is 16.3. The van der Waals surface area contributed by atoms with E-state index in [4.69, 9.17) is 11.6 Å². The zero-order valence-electron chi connectivity index (χ0n) is 11.2. The van der Waals surface area contributed by atoms with Crippen molar-refractivity contribution in [2.45, 2.75) is 25.7 Å². The lowest BCUT2D eigenvalue weighted by atomic mass is 10.1. The smallest absolute Gasteiger partial charge is 0.234 e. The van der Waals surface area contributed by atoms with Gasteiger partial charge in [0.25, 0.3) is 0 Å². The minimum absolute atomic E-state index is 0.129. The van der Waals surface area contributed by atoms with Gasteiger partial charge in [0.05, 0.1) is 6.54 Å². The molecule has 1 heterocycles. The van der Waals surface area contributed by atoms with E-state index in [0.717, 1.165) is 30.1 Å². The topological polar surface area (TPSA) is 32.3 Å². The molecule has 1 saturated heterocycles. The highest BCUT2D eigenvalue weighted by atomic mass is 35.5. The molecule has 0 atom stereocenters. The van der Waals surface area contributed by atoms with Gasteiger partial charge in [-0.15, -0.1) is 0 Å². The van der Waals surface area contributed by atoms with Crippen LogP contribution in [0, 0.1) is 0 Å². The molecule has 1 aromatic rings. The predicted molar refractivity (Wildman–Crippen MR) is 78.5 cm³/mol. The number of halogens is 1. The lowest BCUT2D eigenvalue weighted by molar-refractivity contribution is -0.122. The molecule has 0 bridgehead atoms. The summed E-state index contributed by atoms with van der Waals surface area (Å²) >= 11 is 5.92. The fourth-order valence-corrected chi connectivity index (χ4v) is 2.63. The van der Waals surface area contributed by atoms with E-state index < -0.39 is 0 Å². The second-order valence-electron chi connectivity index (χ2n) is 5.07. The van der Waals surface area contributed by atoms with E-state index in [2.05, 4.69) is 10.2 Å². The SMILES string of the molecule is O=C(CN1CCCCC1)NCCc1cccc(Cl)c1. The summed E-state index contributed by atoms with van der Waals surface area (Å²) in [6.45, 7) is 3.33. The highest BCUT2D eigenvalue weighted by Crippen LogP contribution is 2.10. The van der Waals surface area contributed by atoms with Crippen molar-refractivity contribution < 1.29 is 4.79 Å². The Morgan fingerprint density at radius 3 is 2.79 bits per heavy atom. The van der Waals surface area contributed by atoms with Crippen molar-refractivity contribution in [2.75, 3.05) is 26.2 Å². The maximum Gasteiger partial charge on any atom is 0.234 e. The lowest BCUT2D eigenvalue weighted by Gasteiger charge is -2.25. The standard InChI is InChI=1S/C15H21ClN2O/c16-14-6-4-5-13(11-14)7-8-17-15(19)12-18-9-2-1-3-10-18/h4-6,11H,1-3,7-10,12H2,(H,17,19). The minimum Gasteiger partial charge on any atom is -0.355 e. The fourth-order valence-electron chi connectivity index (χ4n) is 2.42. The maximum atomic E-state index is 11.8. The van der Waals surface area contributed by atoms with Crippen LogP contribution in [0.25, 0.3) is 0 Å². The maximum absolute atomic E-state index is 11.8. The van der Waals surface area contributed by atoms with Gasteiger partial charge in [0, 0.05) is 11.6 Å². The first kappa shape index (κ1) is 14.4. The van der Waals surface area contributed by atoms with Gasteiger partial charge in [0.1, 0.15) is 0 Å². The van der Waals surface area contributed by atoms with Crippen LogP contribution in [0.15, 0.2) is 24.3 Å². The number of rotatable bonds is 5. The molecule has 3 nitrogen and oxygen atoms in total. The van der Waals surface area contributed by atoms with Gasteiger partial charge in [0.2, 0.25) is 5.91 Å². The zero-order valence-corrected chi connectivity index (χ0v) is 12.0. The molecule has 1 aromatic carbocycles. The van der Waals surface area contributed by atoms with Gasteiger partial charge in [-0.3, -0.25) is 9.69 Å². The van der Waals surface area contributed by atoms with Crippen LogP contribution < -0.4 is 5.32 Å². The summed E-state index contributed by atoms with van der Waals surface area (Å²) in [4.78, 5) is 14.0. The third-order valence-corrected chi connectivity index (χ3v) is 3.68. The molecular weight excluding hydrogens is 260 g/mol. The number of hydrogen-bond donors (Lipinski definition) is 1. The minimum atomic E-state index is 0.129. The van der Waals surface area contributed by atoms with Gasteiger partial charge < -0.3 is 5.32 Å². The first-order valence-electron chi connectivity index (χ1n) is 6.97. The van der Waals surface area contributed by atoms with Crippen LogP contribution in [0.4, 0.5) is 0 Å². The second-order valence-corrected chi connectivity index (χ2v) is 5.50. The van der Waals surface area contributed by atoms with E-state index in [1.54, 1.807) is 0 Å². The van der Waals surface area contributed by atoms with Gasteiger partial charge in [-0.05, 0) is 50.0 Å². The Labute approximate surface area is 119 Å². The van der Waals surface area contributed by atoms with Crippen LogP contribution in [0.5, 0.6) is 0 Å². The van der Waals surface area contributed by atoms with Crippen molar-refractivity contribution in [1.82, 2.24) is 10.2 Å². The molecule has 1 amide bonds. The van der Waals surface area contributed by atoms with E-state index >= 15 is 0 Å². The molecule has 4 heteroatoms. The van der Waals surface area contributed by atoms with E-state index in [9.17, 15) is 4.79 Å². The number of piperidine rings is 1. The van der Waals surface area contributed by atoms with E-state index in [0.29, 0.717) is 13.1 Å². The fraction of sp³-hybridized carbons (Fsp3) is 0.533. The largest absolute Gasteiger partial charge is 0.355 e. The van der Waals surface area contributed by atoms with Crippen molar-refractivity contribution in [1.29, 1.82) is 0 Å².